The van der Waals surface area contributed by atoms with Crippen LogP contribution in [0.15, 0.2) is 0 Å². The summed E-state index contributed by atoms with van der Waals surface area (Å²) in [5.74, 6) is 0. The Labute approximate surface area is 146 Å². The lowest BCUT2D eigenvalue weighted by Crippen LogP contribution is -2.68. The summed E-state index contributed by atoms with van der Waals surface area (Å²) >= 11 is 0. The molecule has 4 nitrogen and oxygen atoms in total. The molecule has 0 aromatic rings. The summed E-state index contributed by atoms with van der Waals surface area (Å²) in [5.41, 5.74) is 0.157. The SMILES string of the molecule is CCCCCCCCN1P2CCC(N(C)C)(N(C)C)C12N(C)C. The van der Waals surface area contributed by atoms with Gasteiger partial charge in [-0.2, -0.15) is 0 Å². The molecule has 0 radical (unpaired) electrons. The quantitative estimate of drug-likeness (QED) is 0.261. The lowest BCUT2D eigenvalue weighted by Gasteiger charge is -2.51. The number of nitrogens with zero attached hydrogens (tertiary/aromatic N) is 4. The summed E-state index contributed by atoms with van der Waals surface area (Å²) in [4.78, 5) is 7.50. The van der Waals surface area contributed by atoms with Gasteiger partial charge in [0, 0.05) is 14.6 Å². The number of rotatable bonds is 10. The first-order valence-corrected chi connectivity index (χ1v) is 10.9. The van der Waals surface area contributed by atoms with E-state index in [9.17, 15) is 0 Å². The average molecular weight is 343 g/mol. The highest BCUT2D eigenvalue weighted by Crippen LogP contribution is 2.83. The predicted molar refractivity (Wildman–Crippen MR) is 103 cm³/mol. The molecule has 3 atom stereocenters. The van der Waals surface area contributed by atoms with Crippen molar-refractivity contribution in [3.63, 3.8) is 0 Å². The zero-order chi connectivity index (χ0) is 17.3. The van der Waals surface area contributed by atoms with Gasteiger partial charge in [0.25, 0.3) is 0 Å². The maximum absolute atomic E-state index is 2.85. The summed E-state index contributed by atoms with van der Waals surface area (Å²) in [5, 5.41) is 0.263. The summed E-state index contributed by atoms with van der Waals surface area (Å²) in [6.07, 6.45) is 11.0. The molecule has 136 valence electrons. The van der Waals surface area contributed by atoms with E-state index in [0.29, 0.717) is 0 Å². The largest absolute Gasteiger partial charge is 0.288 e. The van der Waals surface area contributed by atoms with Crippen LogP contribution in [0, 0.1) is 0 Å². The van der Waals surface area contributed by atoms with E-state index in [1.807, 2.05) is 0 Å². The van der Waals surface area contributed by atoms with Crippen molar-refractivity contribution in [1.82, 2.24) is 19.4 Å². The van der Waals surface area contributed by atoms with E-state index in [-0.39, 0.29) is 19.1 Å². The molecule has 0 saturated carbocycles. The van der Waals surface area contributed by atoms with Gasteiger partial charge in [-0.05, 0) is 61.3 Å². The smallest absolute Gasteiger partial charge is 0.143 e. The van der Waals surface area contributed by atoms with Crippen LogP contribution in [0.25, 0.3) is 0 Å². The Kier molecular flexibility index (Phi) is 6.52. The molecule has 0 spiro atoms. The number of hydrogen-bond acceptors (Lipinski definition) is 4. The van der Waals surface area contributed by atoms with Crippen LogP contribution >= 0.6 is 8.07 Å². The van der Waals surface area contributed by atoms with E-state index in [0.717, 1.165) is 0 Å². The number of fused-ring (bicyclic) bond motifs is 1. The van der Waals surface area contributed by atoms with Crippen molar-refractivity contribution in [3.05, 3.63) is 0 Å². The molecule has 2 saturated heterocycles. The maximum atomic E-state index is 2.85. The summed E-state index contributed by atoms with van der Waals surface area (Å²) < 4.78 is 2.85. The van der Waals surface area contributed by atoms with Gasteiger partial charge in [-0.3, -0.25) is 19.4 Å². The van der Waals surface area contributed by atoms with Gasteiger partial charge in [-0.25, -0.2) is 0 Å². The summed E-state index contributed by atoms with van der Waals surface area (Å²) in [6.45, 7) is 3.59. The van der Waals surface area contributed by atoms with Crippen molar-refractivity contribution < 1.29 is 0 Å². The highest BCUT2D eigenvalue weighted by Gasteiger charge is 2.79. The lowest BCUT2D eigenvalue weighted by molar-refractivity contribution is -0.0896. The molecule has 23 heavy (non-hydrogen) atoms. The normalized spacial score (nSPS) is 32.1. The Bertz CT molecular complexity index is 377. The standard InChI is InChI=1S/C18H39N4P/c1-8-9-10-11-12-13-15-22-18(21(6)7)17(19(2)3,20(4)5)14-16-23(18)22/h8-16H2,1-7H3. The van der Waals surface area contributed by atoms with Gasteiger partial charge in [0.1, 0.15) is 11.1 Å². The molecular formula is C18H39N4P. The van der Waals surface area contributed by atoms with Gasteiger partial charge in [-0.15, -0.1) is 0 Å². The van der Waals surface area contributed by atoms with Crippen LogP contribution in [0.5, 0.6) is 0 Å². The van der Waals surface area contributed by atoms with Gasteiger partial charge in [0.2, 0.25) is 0 Å². The molecule has 0 N–H and O–H groups in total. The zero-order valence-corrected chi connectivity index (χ0v) is 17.5. The minimum absolute atomic E-state index is 0.0101. The van der Waals surface area contributed by atoms with Crippen LogP contribution in [0.3, 0.4) is 0 Å². The molecule has 2 aliphatic rings. The lowest BCUT2D eigenvalue weighted by atomic mass is 9.98. The Morgan fingerprint density at radius 3 is 1.91 bits per heavy atom. The Morgan fingerprint density at radius 2 is 1.39 bits per heavy atom. The molecule has 0 bridgehead atoms. The monoisotopic (exact) mass is 342 g/mol. The molecule has 2 heterocycles. The second-order valence-electron chi connectivity index (χ2n) is 7.90. The van der Waals surface area contributed by atoms with Crippen molar-refractivity contribution in [1.29, 1.82) is 0 Å². The third-order valence-corrected chi connectivity index (χ3v) is 9.26. The zero-order valence-electron chi connectivity index (χ0n) is 16.6. The second kappa shape index (κ2) is 7.66. The highest BCUT2D eigenvalue weighted by atomic mass is 31.1. The molecule has 0 aromatic heterocycles. The Hall–Kier alpha value is 0.270. The van der Waals surface area contributed by atoms with E-state index in [1.54, 1.807) is 0 Å². The number of likely N-dealkylation sites (N-methyl/N-ethyl adjacent to an activating group) is 3. The van der Waals surface area contributed by atoms with E-state index < -0.39 is 0 Å². The minimum atomic E-state index is 0.0101. The first kappa shape index (κ1) is 19.6. The van der Waals surface area contributed by atoms with Gasteiger partial charge < -0.3 is 0 Å². The molecule has 2 aliphatic heterocycles. The molecule has 2 rings (SSSR count). The predicted octanol–water partition coefficient (Wildman–Crippen LogP) is 3.50. The van der Waals surface area contributed by atoms with Crippen LogP contribution < -0.4 is 0 Å². The van der Waals surface area contributed by atoms with Gasteiger partial charge in [0.05, 0.1) is 0 Å². The second-order valence-corrected chi connectivity index (χ2v) is 10.3. The van der Waals surface area contributed by atoms with Gasteiger partial charge in [0.15, 0.2) is 0 Å². The average Bonchev–Trinajstić information content (AvgIpc) is 2.97. The summed E-state index contributed by atoms with van der Waals surface area (Å²) in [7, 11) is 13.7. The molecular weight excluding hydrogens is 303 g/mol. The van der Waals surface area contributed by atoms with E-state index >= 15 is 0 Å². The van der Waals surface area contributed by atoms with Crippen LogP contribution in [0.4, 0.5) is 0 Å². The molecule has 0 aromatic carbocycles. The molecule has 0 amide bonds. The van der Waals surface area contributed by atoms with Crippen molar-refractivity contribution >= 4 is 8.07 Å². The first-order valence-electron chi connectivity index (χ1n) is 9.44. The van der Waals surface area contributed by atoms with Gasteiger partial charge in [-0.1, -0.05) is 39.0 Å². The van der Waals surface area contributed by atoms with Crippen LogP contribution in [0.1, 0.15) is 51.9 Å². The van der Waals surface area contributed by atoms with E-state index in [1.165, 1.54) is 57.7 Å². The van der Waals surface area contributed by atoms with Crippen molar-refractivity contribution in [2.24, 2.45) is 0 Å². The fourth-order valence-corrected chi connectivity index (χ4v) is 9.06. The Balaban J connectivity index is 2.02. The van der Waals surface area contributed by atoms with Crippen molar-refractivity contribution in [2.75, 3.05) is 55.0 Å². The summed E-state index contributed by atoms with van der Waals surface area (Å²) in [6, 6.07) is 0. The number of unbranched alkanes of at least 4 members (excludes halogenated alkanes) is 5. The first-order chi connectivity index (χ1) is 10.9. The maximum Gasteiger partial charge on any atom is 0.143 e. The van der Waals surface area contributed by atoms with Gasteiger partial charge >= 0.3 is 0 Å². The van der Waals surface area contributed by atoms with Crippen LogP contribution in [0.2, 0.25) is 0 Å². The van der Waals surface area contributed by atoms with Crippen LogP contribution in [-0.4, -0.2) is 85.4 Å². The fraction of sp³-hybridized carbons (Fsp3) is 1.00. The fourth-order valence-electron chi connectivity index (χ4n) is 5.00. The van der Waals surface area contributed by atoms with Crippen molar-refractivity contribution in [3.8, 4) is 0 Å². The molecule has 0 aliphatic carbocycles. The molecule has 3 unspecified atom stereocenters. The highest BCUT2D eigenvalue weighted by molar-refractivity contribution is 7.64. The number of hydrogen-bond donors (Lipinski definition) is 0. The van der Waals surface area contributed by atoms with E-state index in [4.69, 9.17) is 0 Å². The minimum Gasteiger partial charge on any atom is -0.288 e. The van der Waals surface area contributed by atoms with E-state index in [2.05, 4.69) is 68.6 Å². The molecule has 2 fully saturated rings. The third kappa shape index (κ3) is 3.00. The Morgan fingerprint density at radius 1 is 0.826 bits per heavy atom. The van der Waals surface area contributed by atoms with Crippen LogP contribution in [-0.2, 0) is 0 Å². The van der Waals surface area contributed by atoms with Crippen molar-refractivity contribution in [2.45, 2.75) is 62.9 Å². The topological polar surface area (TPSA) is 12.7 Å². The third-order valence-electron chi connectivity index (χ3n) is 6.01. The molecule has 5 heteroatoms.